The van der Waals surface area contributed by atoms with Gasteiger partial charge in [0.15, 0.2) is 0 Å². The van der Waals surface area contributed by atoms with Gasteiger partial charge in [-0.3, -0.25) is 10.5 Å². The molecule has 3 N–H and O–H groups in total. The predicted octanol–water partition coefficient (Wildman–Crippen LogP) is 1.66. The van der Waals surface area contributed by atoms with E-state index in [2.05, 4.69) is 10.5 Å². The van der Waals surface area contributed by atoms with Gasteiger partial charge in [-0.2, -0.15) is 5.10 Å². The fraction of sp³-hybridized carbons (Fsp3) is 0.250. The number of hydrogen-bond donors (Lipinski definition) is 2. The molecule has 0 aliphatic carbocycles. The van der Waals surface area contributed by atoms with Crippen molar-refractivity contribution in [1.29, 1.82) is 0 Å². The van der Waals surface area contributed by atoms with E-state index in [1.165, 1.54) is 0 Å². The van der Waals surface area contributed by atoms with Gasteiger partial charge in [0, 0.05) is 23.8 Å². The molecule has 0 aliphatic rings. The standard InChI is InChI=1S/C12H15ClN4O/c1-17-7-9(6-15-17)12(16-14)8-18-11-4-2-3-10(13)5-11/h2-7,12,16H,8,14H2,1H3. The van der Waals surface area contributed by atoms with Crippen LogP contribution in [0.15, 0.2) is 36.7 Å². The lowest BCUT2D eigenvalue weighted by Gasteiger charge is -2.15. The molecule has 0 aliphatic heterocycles. The van der Waals surface area contributed by atoms with Crippen LogP contribution in [0.1, 0.15) is 11.6 Å². The summed E-state index contributed by atoms with van der Waals surface area (Å²) < 4.78 is 7.36. The molecule has 1 heterocycles. The molecular weight excluding hydrogens is 252 g/mol. The highest BCUT2D eigenvalue weighted by atomic mass is 35.5. The summed E-state index contributed by atoms with van der Waals surface area (Å²) in [6, 6.07) is 7.14. The summed E-state index contributed by atoms with van der Waals surface area (Å²) in [6.07, 6.45) is 3.65. The molecule has 96 valence electrons. The average molecular weight is 267 g/mol. The van der Waals surface area contributed by atoms with E-state index in [1.807, 2.05) is 25.4 Å². The van der Waals surface area contributed by atoms with E-state index in [-0.39, 0.29) is 6.04 Å². The normalized spacial score (nSPS) is 12.4. The zero-order valence-corrected chi connectivity index (χ0v) is 10.8. The fourth-order valence-electron chi connectivity index (χ4n) is 1.60. The Kier molecular flexibility index (Phi) is 4.19. The van der Waals surface area contributed by atoms with Gasteiger partial charge in [0.25, 0.3) is 0 Å². The van der Waals surface area contributed by atoms with Gasteiger partial charge in [-0.15, -0.1) is 0 Å². The van der Waals surface area contributed by atoms with Crippen molar-refractivity contribution < 1.29 is 4.74 Å². The highest BCUT2D eigenvalue weighted by molar-refractivity contribution is 6.30. The average Bonchev–Trinajstić information content (AvgIpc) is 2.77. The Morgan fingerprint density at radius 2 is 2.39 bits per heavy atom. The fourth-order valence-corrected chi connectivity index (χ4v) is 1.78. The Hall–Kier alpha value is -1.56. The number of ether oxygens (including phenoxy) is 1. The largest absolute Gasteiger partial charge is 0.491 e. The minimum atomic E-state index is -0.113. The Bertz CT molecular complexity index is 514. The molecule has 0 saturated carbocycles. The van der Waals surface area contributed by atoms with Gasteiger partial charge in [0.2, 0.25) is 0 Å². The van der Waals surface area contributed by atoms with Gasteiger partial charge < -0.3 is 4.74 Å². The summed E-state index contributed by atoms with van der Waals surface area (Å²) >= 11 is 5.88. The SMILES string of the molecule is Cn1cc(C(COc2cccc(Cl)c2)NN)cn1. The lowest BCUT2D eigenvalue weighted by molar-refractivity contribution is 0.267. The second-order valence-electron chi connectivity index (χ2n) is 3.93. The van der Waals surface area contributed by atoms with E-state index in [0.29, 0.717) is 17.4 Å². The third-order valence-corrected chi connectivity index (χ3v) is 2.78. The second kappa shape index (κ2) is 5.86. The molecule has 6 heteroatoms. The summed E-state index contributed by atoms with van der Waals surface area (Å²) in [5, 5.41) is 4.74. The molecule has 2 aromatic rings. The Morgan fingerprint density at radius 1 is 1.56 bits per heavy atom. The van der Waals surface area contributed by atoms with E-state index >= 15 is 0 Å². The smallest absolute Gasteiger partial charge is 0.120 e. The zero-order chi connectivity index (χ0) is 13.0. The van der Waals surface area contributed by atoms with Crippen LogP contribution in [-0.2, 0) is 7.05 Å². The summed E-state index contributed by atoms with van der Waals surface area (Å²) in [5.41, 5.74) is 3.68. The first-order chi connectivity index (χ1) is 8.69. The van der Waals surface area contributed by atoms with Gasteiger partial charge in [0.05, 0.1) is 12.2 Å². The van der Waals surface area contributed by atoms with Crippen LogP contribution in [-0.4, -0.2) is 16.4 Å². The van der Waals surface area contributed by atoms with Gasteiger partial charge in [-0.25, -0.2) is 5.43 Å². The van der Waals surface area contributed by atoms with Crippen LogP contribution in [0.5, 0.6) is 5.75 Å². The number of nitrogens with one attached hydrogen (secondary N) is 1. The lowest BCUT2D eigenvalue weighted by Crippen LogP contribution is -2.32. The molecular formula is C12H15ClN4O. The van der Waals surface area contributed by atoms with Crippen LogP contribution >= 0.6 is 11.6 Å². The molecule has 5 nitrogen and oxygen atoms in total. The summed E-state index contributed by atoms with van der Waals surface area (Å²) in [6.45, 7) is 0.405. The summed E-state index contributed by atoms with van der Waals surface area (Å²) in [4.78, 5) is 0. The van der Waals surface area contributed by atoms with Crippen molar-refractivity contribution in [3.8, 4) is 5.75 Å². The first-order valence-electron chi connectivity index (χ1n) is 5.52. The molecule has 1 unspecified atom stereocenters. The van der Waals surface area contributed by atoms with Crippen LogP contribution < -0.4 is 16.0 Å². The van der Waals surface area contributed by atoms with E-state index in [1.54, 1.807) is 23.0 Å². The number of hydrogen-bond acceptors (Lipinski definition) is 4. The molecule has 0 bridgehead atoms. The van der Waals surface area contributed by atoms with Gasteiger partial charge in [0.1, 0.15) is 12.4 Å². The molecule has 1 atom stereocenters. The molecule has 2 rings (SSSR count). The predicted molar refractivity (Wildman–Crippen MR) is 70.2 cm³/mol. The van der Waals surface area contributed by atoms with Crippen molar-refractivity contribution in [2.24, 2.45) is 12.9 Å². The molecule has 18 heavy (non-hydrogen) atoms. The van der Waals surface area contributed by atoms with Crippen molar-refractivity contribution in [3.63, 3.8) is 0 Å². The Morgan fingerprint density at radius 3 is 3.00 bits per heavy atom. The molecule has 1 aromatic heterocycles. The minimum Gasteiger partial charge on any atom is -0.491 e. The first kappa shape index (κ1) is 12.9. The van der Waals surface area contributed by atoms with Crippen LogP contribution in [0.2, 0.25) is 5.02 Å². The third kappa shape index (κ3) is 3.22. The maximum absolute atomic E-state index is 5.88. The number of aryl methyl sites for hydroxylation is 1. The lowest BCUT2D eigenvalue weighted by atomic mass is 10.2. The Balaban J connectivity index is 1.99. The van der Waals surface area contributed by atoms with Crippen LogP contribution in [0.3, 0.4) is 0 Å². The molecule has 0 radical (unpaired) electrons. The zero-order valence-electron chi connectivity index (χ0n) is 10.0. The topological polar surface area (TPSA) is 65.1 Å². The van der Waals surface area contributed by atoms with Crippen molar-refractivity contribution in [2.75, 3.05) is 6.61 Å². The van der Waals surface area contributed by atoms with Crippen molar-refractivity contribution in [1.82, 2.24) is 15.2 Å². The molecule has 0 fully saturated rings. The third-order valence-electron chi connectivity index (χ3n) is 2.54. The first-order valence-corrected chi connectivity index (χ1v) is 5.90. The minimum absolute atomic E-state index is 0.113. The quantitative estimate of drug-likeness (QED) is 0.638. The number of aromatic nitrogens is 2. The molecule has 0 amide bonds. The number of nitrogens with zero attached hydrogens (tertiary/aromatic N) is 2. The second-order valence-corrected chi connectivity index (χ2v) is 4.37. The monoisotopic (exact) mass is 266 g/mol. The molecule has 0 spiro atoms. The van der Waals surface area contributed by atoms with Gasteiger partial charge in [-0.1, -0.05) is 17.7 Å². The number of nitrogens with two attached hydrogens (primary N) is 1. The van der Waals surface area contributed by atoms with E-state index < -0.39 is 0 Å². The van der Waals surface area contributed by atoms with Gasteiger partial charge in [-0.05, 0) is 18.2 Å². The number of hydrazine groups is 1. The maximum atomic E-state index is 5.88. The number of halogens is 1. The number of benzene rings is 1. The van der Waals surface area contributed by atoms with E-state index in [0.717, 1.165) is 5.56 Å². The van der Waals surface area contributed by atoms with Crippen LogP contribution in [0.25, 0.3) is 0 Å². The van der Waals surface area contributed by atoms with E-state index in [4.69, 9.17) is 22.2 Å². The summed E-state index contributed by atoms with van der Waals surface area (Å²) in [7, 11) is 1.86. The van der Waals surface area contributed by atoms with Crippen LogP contribution in [0.4, 0.5) is 0 Å². The number of rotatable bonds is 5. The summed E-state index contributed by atoms with van der Waals surface area (Å²) in [5.74, 6) is 6.23. The molecule has 1 aromatic carbocycles. The van der Waals surface area contributed by atoms with Crippen molar-refractivity contribution >= 4 is 11.6 Å². The van der Waals surface area contributed by atoms with E-state index in [9.17, 15) is 0 Å². The Labute approximate surface area is 110 Å². The highest BCUT2D eigenvalue weighted by Crippen LogP contribution is 2.19. The maximum Gasteiger partial charge on any atom is 0.120 e. The highest BCUT2D eigenvalue weighted by Gasteiger charge is 2.12. The van der Waals surface area contributed by atoms with Crippen molar-refractivity contribution in [2.45, 2.75) is 6.04 Å². The molecule has 0 saturated heterocycles. The van der Waals surface area contributed by atoms with Crippen LogP contribution in [0, 0.1) is 0 Å². The van der Waals surface area contributed by atoms with Gasteiger partial charge >= 0.3 is 0 Å². The van der Waals surface area contributed by atoms with Crippen molar-refractivity contribution in [3.05, 3.63) is 47.2 Å².